The fourth-order valence-corrected chi connectivity index (χ4v) is 1.90. The summed E-state index contributed by atoms with van der Waals surface area (Å²) in [6.45, 7) is 4.11. The molecule has 1 saturated heterocycles. The first-order valence-corrected chi connectivity index (χ1v) is 5.13. The Labute approximate surface area is 97.3 Å². The summed E-state index contributed by atoms with van der Waals surface area (Å²) in [7, 11) is 0. The van der Waals surface area contributed by atoms with Gasteiger partial charge in [-0.1, -0.05) is 17.8 Å². The maximum absolute atomic E-state index is 11.5. The Morgan fingerprint density at radius 3 is 3.06 bits per heavy atom. The first kappa shape index (κ1) is 11.4. The van der Waals surface area contributed by atoms with Gasteiger partial charge in [0.15, 0.2) is 11.8 Å². The number of ether oxygens (including phenoxy) is 1. The van der Waals surface area contributed by atoms with Crippen LogP contribution < -0.4 is 0 Å². The van der Waals surface area contributed by atoms with Crippen molar-refractivity contribution >= 4 is 17.8 Å². The van der Waals surface area contributed by atoms with Crippen LogP contribution in [0.3, 0.4) is 0 Å². The molecule has 0 aromatic carbocycles. The van der Waals surface area contributed by atoms with Crippen LogP contribution in [-0.2, 0) is 14.4 Å². The van der Waals surface area contributed by atoms with E-state index >= 15 is 0 Å². The van der Waals surface area contributed by atoms with Crippen LogP contribution in [0.15, 0.2) is 17.8 Å². The van der Waals surface area contributed by atoms with Gasteiger partial charge >= 0.3 is 12.1 Å². The zero-order valence-electron chi connectivity index (χ0n) is 9.04. The Morgan fingerprint density at radius 2 is 2.41 bits per heavy atom. The number of oxime groups is 1. The van der Waals surface area contributed by atoms with Gasteiger partial charge in [0.1, 0.15) is 6.61 Å². The molecule has 0 radical (unpaired) electrons. The van der Waals surface area contributed by atoms with Gasteiger partial charge in [-0.15, -0.1) is 0 Å². The number of carboxylic acid groups (broad SMARTS) is 1. The van der Waals surface area contributed by atoms with Crippen LogP contribution in [0.25, 0.3) is 0 Å². The zero-order chi connectivity index (χ0) is 12.4. The minimum atomic E-state index is -1.11. The lowest BCUT2D eigenvalue weighted by atomic mass is 10.0. The van der Waals surface area contributed by atoms with Crippen LogP contribution in [0.4, 0.5) is 4.79 Å². The van der Waals surface area contributed by atoms with Crippen molar-refractivity contribution in [2.24, 2.45) is 11.1 Å². The number of hydrogen-bond donors (Lipinski definition) is 1. The first-order chi connectivity index (χ1) is 8.13. The molecular formula is C10H12N2O5. The van der Waals surface area contributed by atoms with Crippen molar-refractivity contribution in [3.05, 3.63) is 12.7 Å². The number of carbonyl (C=O) groups excluding carboxylic acids is 1. The summed E-state index contributed by atoms with van der Waals surface area (Å²) >= 11 is 0. The molecule has 2 rings (SSSR count). The van der Waals surface area contributed by atoms with Crippen LogP contribution in [0.5, 0.6) is 0 Å². The molecule has 1 N–H and O–H groups in total. The molecule has 0 aliphatic carbocycles. The van der Waals surface area contributed by atoms with E-state index in [1.807, 2.05) is 0 Å². The van der Waals surface area contributed by atoms with Crippen LogP contribution in [0.1, 0.15) is 0 Å². The summed E-state index contributed by atoms with van der Waals surface area (Å²) < 4.78 is 4.86. The summed E-state index contributed by atoms with van der Waals surface area (Å²) in [5, 5.41) is 12.4. The lowest BCUT2D eigenvalue weighted by Gasteiger charge is -2.15. The van der Waals surface area contributed by atoms with Gasteiger partial charge in [-0.3, -0.25) is 0 Å². The second kappa shape index (κ2) is 4.44. The number of nitrogens with zero attached hydrogens (tertiary/aromatic N) is 2. The highest BCUT2D eigenvalue weighted by molar-refractivity contribution is 6.37. The molecule has 17 heavy (non-hydrogen) atoms. The smallest absolute Gasteiger partial charge is 0.410 e. The normalized spacial score (nSPS) is 25.9. The molecule has 1 fully saturated rings. The fraction of sp³-hybridized carbons (Fsp3) is 0.500. The van der Waals surface area contributed by atoms with Gasteiger partial charge in [-0.2, -0.15) is 0 Å². The average molecular weight is 240 g/mol. The molecule has 2 heterocycles. The molecule has 1 amide bonds. The van der Waals surface area contributed by atoms with E-state index in [9.17, 15) is 9.59 Å². The predicted molar refractivity (Wildman–Crippen MR) is 56.6 cm³/mol. The largest absolute Gasteiger partial charge is 0.477 e. The maximum Gasteiger partial charge on any atom is 0.410 e. The van der Waals surface area contributed by atoms with Gasteiger partial charge < -0.3 is 19.6 Å². The number of likely N-dealkylation sites (tertiary alicyclic amines) is 1. The van der Waals surface area contributed by atoms with E-state index in [1.165, 1.54) is 11.0 Å². The van der Waals surface area contributed by atoms with Crippen molar-refractivity contribution in [3.63, 3.8) is 0 Å². The third kappa shape index (κ3) is 2.08. The second-order valence-electron chi connectivity index (χ2n) is 3.80. The highest BCUT2D eigenvalue weighted by Crippen LogP contribution is 2.27. The molecule has 7 nitrogen and oxygen atoms in total. The van der Waals surface area contributed by atoms with Gasteiger partial charge in [0.2, 0.25) is 0 Å². The van der Waals surface area contributed by atoms with E-state index in [0.717, 1.165) is 0 Å². The molecule has 0 aromatic rings. The number of hydrogen-bond acceptors (Lipinski definition) is 5. The third-order valence-electron chi connectivity index (χ3n) is 2.71. The zero-order valence-corrected chi connectivity index (χ0v) is 9.04. The monoisotopic (exact) mass is 240 g/mol. The summed E-state index contributed by atoms with van der Waals surface area (Å²) in [4.78, 5) is 28.7. The topological polar surface area (TPSA) is 88.4 Å². The van der Waals surface area contributed by atoms with Crippen molar-refractivity contribution in [2.75, 3.05) is 19.7 Å². The minimum Gasteiger partial charge on any atom is -0.477 e. The molecule has 0 unspecified atom stereocenters. The molecule has 0 aromatic heterocycles. The van der Waals surface area contributed by atoms with E-state index in [0.29, 0.717) is 6.54 Å². The Balaban J connectivity index is 1.96. The number of aliphatic carboxylic acids is 1. The summed E-state index contributed by atoms with van der Waals surface area (Å²) in [6, 6.07) is 0. The molecule has 92 valence electrons. The number of amides is 1. The van der Waals surface area contributed by atoms with Crippen molar-refractivity contribution in [3.8, 4) is 0 Å². The molecule has 0 saturated carbocycles. The van der Waals surface area contributed by atoms with Crippen LogP contribution in [0, 0.1) is 5.92 Å². The van der Waals surface area contributed by atoms with Gasteiger partial charge in [-0.05, 0) is 0 Å². The quantitative estimate of drug-likeness (QED) is 0.706. The second-order valence-corrected chi connectivity index (χ2v) is 3.80. The van der Waals surface area contributed by atoms with Crippen molar-refractivity contribution in [2.45, 2.75) is 6.10 Å². The van der Waals surface area contributed by atoms with Gasteiger partial charge in [0.05, 0.1) is 12.5 Å². The lowest BCUT2D eigenvalue weighted by Crippen LogP contribution is -2.32. The number of carboxylic acids is 1. The number of rotatable bonds is 3. The van der Waals surface area contributed by atoms with Gasteiger partial charge in [-0.25, -0.2) is 9.59 Å². The van der Waals surface area contributed by atoms with E-state index < -0.39 is 12.1 Å². The standard InChI is InChI=1S/C10H12N2O5/c1-2-3-16-10(15)12-4-6-7(5-12)17-11-8(6)9(13)14/h2,6-7H,1,3-5H2,(H,13,14)/t6-,7+/m0/s1. The Morgan fingerprint density at radius 1 is 1.65 bits per heavy atom. The minimum absolute atomic E-state index is 0.0333. The molecule has 2 atom stereocenters. The Bertz CT molecular complexity index is 392. The van der Waals surface area contributed by atoms with E-state index in [1.54, 1.807) is 0 Å². The maximum atomic E-state index is 11.5. The van der Waals surface area contributed by atoms with Crippen molar-refractivity contribution < 1.29 is 24.3 Å². The summed E-state index contributed by atoms with van der Waals surface area (Å²) in [6.07, 6.45) is 0.597. The average Bonchev–Trinajstić information content (AvgIpc) is 2.83. The van der Waals surface area contributed by atoms with Crippen molar-refractivity contribution in [1.29, 1.82) is 0 Å². The van der Waals surface area contributed by atoms with E-state index in [4.69, 9.17) is 14.7 Å². The SMILES string of the molecule is C=CCOC(=O)N1C[C@@H]2C(C(=O)O)=NO[C@@H]2C1. The predicted octanol–water partition coefficient (Wildman–Crippen LogP) is 0.0802. The summed E-state index contributed by atoms with van der Waals surface area (Å²) in [5.74, 6) is -1.48. The summed E-state index contributed by atoms with van der Waals surface area (Å²) in [5.41, 5.74) is -0.0333. The van der Waals surface area contributed by atoms with Crippen LogP contribution in [-0.4, -0.2) is 53.6 Å². The van der Waals surface area contributed by atoms with Crippen LogP contribution >= 0.6 is 0 Å². The molecular weight excluding hydrogens is 228 g/mol. The van der Waals surface area contributed by atoms with Crippen LogP contribution in [0.2, 0.25) is 0 Å². The molecule has 2 aliphatic heterocycles. The third-order valence-corrected chi connectivity index (χ3v) is 2.71. The molecule has 2 aliphatic rings. The van der Waals surface area contributed by atoms with E-state index in [-0.39, 0.29) is 30.9 Å². The number of fused-ring (bicyclic) bond motifs is 1. The molecule has 0 spiro atoms. The molecule has 7 heteroatoms. The van der Waals surface area contributed by atoms with Gasteiger partial charge in [0, 0.05) is 6.54 Å². The van der Waals surface area contributed by atoms with Crippen molar-refractivity contribution in [1.82, 2.24) is 4.90 Å². The Hall–Kier alpha value is -2.05. The fourth-order valence-electron chi connectivity index (χ4n) is 1.90. The van der Waals surface area contributed by atoms with E-state index in [2.05, 4.69) is 11.7 Å². The Kier molecular flexibility index (Phi) is 2.99. The van der Waals surface area contributed by atoms with Gasteiger partial charge in [0.25, 0.3) is 0 Å². The number of carbonyl (C=O) groups is 2. The highest BCUT2D eigenvalue weighted by Gasteiger charge is 2.46. The first-order valence-electron chi connectivity index (χ1n) is 5.13. The highest BCUT2D eigenvalue weighted by atomic mass is 16.6. The molecule has 0 bridgehead atoms. The lowest BCUT2D eigenvalue weighted by molar-refractivity contribution is -0.129.